The topological polar surface area (TPSA) is 109 Å². The Kier molecular flexibility index (Phi) is 572. The van der Waals surface area contributed by atoms with Gasteiger partial charge in [0, 0.05) is 19.9 Å². The molecular weight excluding hydrogens is 108 g/mol. The zero-order chi connectivity index (χ0) is 6.00. The van der Waals surface area contributed by atoms with E-state index in [0.717, 1.165) is 0 Å². The predicted molar refractivity (Wildman–Crippen MR) is 25.5 cm³/mol. The standard InChI is InChI=1S/CH4.H2O2.2O2/c;3*1-2/h1H4;1-2H;;. The van der Waals surface area contributed by atoms with Gasteiger partial charge in [0.05, 0.1) is 0 Å². The molecule has 2 N–H and O–H groups in total. The molecule has 46 valence electrons. The first kappa shape index (κ1) is 35.7. The lowest BCUT2D eigenvalue weighted by atomic mass is 12.0. The second-order valence-corrected chi connectivity index (χ2v) is 0. The molecule has 0 aromatic carbocycles. The average molecular weight is 114 g/mol. The van der Waals surface area contributed by atoms with Crippen LogP contribution < -0.4 is 0 Å². The van der Waals surface area contributed by atoms with Crippen LogP contribution in [0.15, 0.2) is 0 Å². The molecule has 0 saturated heterocycles. The van der Waals surface area contributed by atoms with Gasteiger partial charge in [-0.05, 0) is 0 Å². The van der Waals surface area contributed by atoms with Crippen LogP contribution in [0.2, 0.25) is 0 Å². The fourth-order valence-electron chi connectivity index (χ4n) is 0. The Bertz CT molecular complexity index is 6.14. The maximum atomic E-state index is 7.00. The van der Waals surface area contributed by atoms with Gasteiger partial charge in [0.1, 0.15) is 0 Å². The van der Waals surface area contributed by atoms with E-state index in [2.05, 4.69) is 0 Å². The van der Waals surface area contributed by atoms with Crippen molar-refractivity contribution < 1.29 is 10.5 Å². The summed E-state index contributed by atoms with van der Waals surface area (Å²) >= 11 is 0. The summed E-state index contributed by atoms with van der Waals surface area (Å²) in [6, 6.07) is 0. The highest BCUT2D eigenvalue weighted by atomic mass is 17.0. The molecule has 0 heterocycles. The van der Waals surface area contributed by atoms with E-state index in [0.29, 0.717) is 0 Å². The lowest BCUT2D eigenvalue weighted by molar-refractivity contribution is -0.176. The van der Waals surface area contributed by atoms with Crippen LogP contribution in [-0.4, -0.2) is 10.5 Å². The lowest BCUT2D eigenvalue weighted by Crippen LogP contribution is -1.29. The van der Waals surface area contributed by atoms with Crippen LogP contribution in [0.25, 0.3) is 0 Å². The van der Waals surface area contributed by atoms with Crippen LogP contribution in [0.5, 0.6) is 0 Å². The van der Waals surface area contributed by atoms with Crippen LogP contribution >= 0.6 is 0 Å². The summed E-state index contributed by atoms with van der Waals surface area (Å²) < 4.78 is 0. The molecule has 0 unspecified atom stereocenters. The number of hydrogen-bond acceptors (Lipinski definition) is 6. The minimum Gasteiger partial charge on any atom is -0.255 e. The fraction of sp³-hybridized carbons (Fsp3) is 1.00. The van der Waals surface area contributed by atoms with Gasteiger partial charge in [0.25, 0.3) is 0 Å². The molecule has 0 bridgehead atoms. The van der Waals surface area contributed by atoms with Crippen LogP contribution in [0.1, 0.15) is 7.43 Å². The number of hydrogen-bond donors (Lipinski definition) is 2. The first-order chi connectivity index (χ1) is 3.00. The van der Waals surface area contributed by atoms with Gasteiger partial charge in [0.15, 0.2) is 0 Å². The van der Waals surface area contributed by atoms with Crippen molar-refractivity contribution in [3.8, 4) is 0 Å². The largest absolute Gasteiger partial charge is 0.255 e. The predicted octanol–water partition coefficient (Wildman–Crippen LogP) is 0.787. The Morgan fingerprint density at radius 2 is 0.714 bits per heavy atom. The van der Waals surface area contributed by atoms with Gasteiger partial charge in [-0.25, -0.2) is 0 Å². The minimum atomic E-state index is 0. The first-order valence-corrected chi connectivity index (χ1v) is 0.533. The third-order valence-corrected chi connectivity index (χ3v) is 0. The number of rotatable bonds is 0. The van der Waals surface area contributed by atoms with Gasteiger partial charge in [-0.3, -0.25) is 10.5 Å². The smallest absolute Gasteiger partial charge is 0 e. The molecule has 0 rings (SSSR count). The molecule has 7 heavy (non-hydrogen) atoms. The van der Waals surface area contributed by atoms with E-state index in [9.17, 15) is 0 Å². The van der Waals surface area contributed by atoms with Crippen molar-refractivity contribution in [1.29, 1.82) is 0 Å². The third-order valence-electron chi connectivity index (χ3n) is 0. The molecule has 0 aliphatic carbocycles. The van der Waals surface area contributed by atoms with Gasteiger partial charge in [-0.15, -0.1) is 0 Å². The molecule has 0 aromatic heterocycles. The summed E-state index contributed by atoms with van der Waals surface area (Å²) in [5.41, 5.74) is 0. The summed E-state index contributed by atoms with van der Waals surface area (Å²) in [4.78, 5) is 28.0. The fourth-order valence-corrected chi connectivity index (χ4v) is 0. The second-order valence-electron chi connectivity index (χ2n) is 0. The van der Waals surface area contributed by atoms with E-state index in [-0.39, 0.29) is 7.43 Å². The van der Waals surface area contributed by atoms with E-state index in [4.69, 9.17) is 30.4 Å². The van der Waals surface area contributed by atoms with Crippen molar-refractivity contribution in [3.63, 3.8) is 0 Å². The maximum Gasteiger partial charge on any atom is 0 e. The zero-order valence-corrected chi connectivity index (χ0v) is 2.53. The highest BCUT2D eigenvalue weighted by Crippen LogP contribution is 0.743. The molecule has 0 aliphatic rings. The molecule has 0 radical (unpaired) electrons. The van der Waals surface area contributed by atoms with Crippen molar-refractivity contribution in [1.82, 2.24) is 0 Å². The Morgan fingerprint density at radius 1 is 0.714 bits per heavy atom. The monoisotopic (exact) mass is 114 g/mol. The van der Waals surface area contributed by atoms with E-state index in [1.165, 1.54) is 0 Å². The normalized spacial score (nSPS) is 2.00. The SMILES string of the molecule is C.O=O.O=O.OO. The second kappa shape index (κ2) is 112. The molecule has 0 saturated carbocycles. The van der Waals surface area contributed by atoms with Gasteiger partial charge in [-0.1, -0.05) is 7.43 Å². The molecule has 0 amide bonds. The van der Waals surface area contributed by atoms with Crippen LogP contribution in [0.3, 0.4) is 0 Å². The Hall–Kier alpha value is -0.880. The molecule has 6 nitrogen and oxygen atoms in total. The van der Waals surface area contributed by atoms with E-state index >= 15 is 0 Å². The summed E-state index contributed by atoms with van der Waals surface area (Å²) in [6.07, 6.45) is 0. The Morgan fingerprint density at radius 3 is 0.714 bits per heavy atom. The van der Waals surface area contributed by atoms with Gasteiger partial charge in [-0.2, -0.15) is 0 Å². The van der Waals surface area contributed by atoms with Crippen LogP contribution in [0.4, 0.5) is 0 Å². The highest BCUT2D eigenvalue weighted by molar-refractivity contribution is 4.08. The molecule has 0 fully saturated rings. The van der Waals surface area contributed by atoms with Crippen molar-refractivity contribution in [2.45, 2.75) is 7.43 Å². The highest BCUT2D eigenvalue weighted by Gasteiger charge is 0.746. The van der Waals surface area contributed by atoms with E-state index < -0.39 is 0 Å². The van der Waals surface area contributed by atoms with Gasteiger partial charge >= 0.3 is 0 Å². The summed E-state index contributed by atoms with van der Waals surface area (Å²) in [7, 11) is 0. The molecule has 6 heteroatoms. The molecule has 0 atom stereocenters. The van der Waals surface area contributed by atoms with Gasteiger partial charge in [0.2, 0.25) is 0 Å². The maximum absolute atomic E-state index is 7.00. The lowest BCUT2D eigenvalue weighted by Gasteiger charge is -1.25. The summed E-state index contributed by atoms with van der Waals surface area (Å²) in [5.74, 6) is 0. The van der Waals surface area contributed by atoms with Crippen molar-refractivity contribution in [2.75, 3.05) is 0 Å². The van der Waals surface area contributed by atoms with Crippen molar-refractivity contribution >= 4 is 0 Å². The molecule has 0 aromatic rings. The molecular formula is CH6O6. The van der Waals surface area contributed by atoms with E-state index in [1.807, 2.05) is 0 Å². The zero-order valence-electron chi connectivity index (χ0n) is 2.53. The summed E-state index contributed by atoms with van der Waals surface area (Å²) in [5, 5.41) is 12.0. The Balaban J connectivity index is -0.00000000900. The van der Waals surface area contributed by atoms with Crippen LogP contribution in [0, 0.1) is 19.9 Å². The average Bonchev–Trinajstić information content (AvgIpc) is 1.81. The summed E-state index contributed by atoms with van der Waals surface area (Å²) in [6.45, 7) is 0. The first-order valence-electron chi connectivity index (χ1n) is 0.533. The van der Waals surface area contributed by atoms with Crippen LogP contribution in [-0.2, 0) is 0 Å². The quantitative estimate of drug-likeness (QED) is 0.356. The van der Waals surface area contributed by atoms with E-state index in [1.54, 1.807) is 0 Å². The molecule has 0 aliphatic heterocycles. The minimum absolute atomic E-state index is 0. The van der Waals surface area contributed by atoms with Crippen molar-refractivity contribution in [3.05, 3.63) is 19.9 Å². The van der Waals surface area contributed by atoms with Gasteiger partial charge < -0.3 is 0 Å². The third kappa shape index (κ3) is 64.4. The molecule has 0 spiro atoms. The Labute approximate surface area is 39.1 Å². The van der Waals surface area contributed by atoms with Crippen molar-refractivity contribution in [2.24, 2.45) is 0 Å².